The summed E-state index contributed by atoms with van der Waals surface area (Å²) in [5.74, 6) is -0.463. The number of carbonyl (C=O) groups excluding carboxylic acids is 1. The molecule has 0 radical (unpaired) electrons. The number of Topliss-reactive ketones (excluding diaryl/α,β-unsaturated/α-hetero) is 1. The molecule has 250 valence electrons. The van der Waals surface area contributed by atoms with Gasteiger partial charge in [0.2, 0.25) is 16.4 Å². The molecule has 0 N–H and O–H groups in total. The molecule has 1 aliphatic carbocycles. The summed E-state index contributed by atoms with van der Waals surface area (Å²) >= 11 is 5.94. The smallest absolute Gasteiger partial charge is 0.263 e. The average Bonchev–Trinajstić information content (AvgIpc) is 3.93. The minimum Gasteiger partial charge on any atom is -0.871 e. The zero-order valence-corrected chi connectivity index (χ0v) is 30.8. The van der Waals surface area contributed by atoms with Gasteiger partial charge in [0, 0.05) is 59.3 Å². The summed E-state index contributed by atoms with van der Waals surface area (Å²) in [5, 5.41) is 15.6. The number of allylic oxidation sites excluding steroid dienone is 3. The lowest BCUT2D eigenvalue weighted by atomic mass is 9.88. The van der Waals surface area contributed by atoms with E-state index in [1.165, 1.54) is 22.7 Å². The molecule has 0 saturated carbocycles. The van der Waals surface area contributed by atoms with Crippen molar-refractivity contribution in [2.75, 3.05) is 11.4 Å². The number of hydrogen-bond donors (Lipinski definition) is 0. The van der Waals surface area contributed by atoms with Crippen molar-refractivity contribution in [2.45, 2.75) is 51.0 Å². The summed E-state index contributed by atoms with van der Waals surface area (Å²) in [4.78, 5) is 43.4. The van der Waals surface area contributed by atoms with Crippen LogP contribution in [0.2, 0.25) is 0 Å². The van der Waals surface area contributed by atoms with Crippen molar-refractivity contribution >= 4 is 79.1 Å². The van der Waals surface area contributed by atoms with E-state index in [4.69, 9.17) is 0 Å². The number of unbranched alkanes of at least 4 members (excludes halogenated alkanes) is 2. The second kappa shape index (κ2) is 13.4. The zero-order valence-electron chi connectivity index (χ0n) is 27.5. The Bertz CT molecular complexity index is 2780. The number of ketones is 1. The first-order valence-electron chi connectivity index (χ1n) is 16.8. The van der Waals surface area contributed by atoms with Crippen LogP contribution in [0.5, 0.6) is 0 Å². The summed E-state index contributed by atoms with van der Waals surface area (Å²) in [6, 6.07) is 23.7. The van der Waals surface area contributed by atoms with Crippen molar-refractivity contribution in [1.82, 2.24) is 0 Å². The molecule has 6 nitrogen and oxygen atoms in total. The van der Waals surface area contributed by atoms with Crippen LogP contribution in [0, 0.1) is 18.8 Å². The number of thiophene rings is 2. The van der Waals surface area contributed by atoms with Gasteiger partial charge in [0.1, 0.15) is 4.70 Å². The van der Waals surface area contributed by atoms with Crippen molar-refractivity contribution in [2.24, 2.45) is 0 Å². The number of carbonyl (C=O) groups is 1. The fourth-order valence-corrected chi connectivity index (χ4v) is 10.8. The lowest BCUT2D eigenvalue weighted by molar-refractivity contribution is -0.669. The SMILES string of the molecule is CCCCN1C(=CC2=C([O-])C(=c3ccc(=c4ccc(=c5c(=O)c(=Cc6sc7ccccc7[n+]6CCCC)c5=O)s4)s3)C2=O)Sc2ccccc21. The lowest BCUT2D eigenvalue weighted by Gasteiger charge is -2.29. The predicted octanol–water partition coefficient (Wildman–Crippen LogP) is 5.71. The fourth-order valence-electron chi connectivity index (χ4n) is 6.41. The molecule has 4 heterocycles. The largest absolute Gasteiger partial charge is 0.871 e. The van der Waals surface area contributed by atoms with Crippen LogP contribution in [0.15, 0.2) is 110 Å². The first-order chi connectivity index (χ1) is 24.4. The van der Waals surface area contributed by atoms with E-state index in [9.17, 15) is 19.5 Å². The van der Waals surface area contributed by atoms with Crippen molar-refractivity contribution in [1.29, 1.82) is 0 Å². The number of hydrogen-bond acceptors (Lipinski definition) is 9. The molecule has 3 aromatic carbocycles. The molecule has 0 amide bonds. The van der Waals surface area contributed by atoms with Crippen molar-refractivity contribution < 1.29 is 14.5 Å². The molecule has 1 aliphatic heterocycles. The number of benzene rings is 2. The van der Waals surface area contributed by atoms with E-state index in [1.807, 2.05) is 48.5 Å². The van der Waals surface area contributed by atoms with Gasteiger partial charge < -0.3 is 10.0 Å². The number of fused-ring (bicyclic) bond motifs is 2. The number of rotatable bonds is 8. The van der Waals surface area contributed by atoms with E-state index in [1.54, 1.807) is 35.3 Å². The molecule has 0 atom stereocenters. The van der Waals surface area contributed by atoms with Crippen LogP contribution in [-0.2, 0) is 11.3 Å². The topological polar surface area (TPSA) is 81.4 Å². The summed E-state index contributed by atoms with van der Waals surface area (Å²) in [6.45, 7) is 5.95. The minimum absolute atomic E-state index is 0.219. The van der Waals surface area contributed by atoms with Crippen molar-refractivity contribution in [3.05, 3.63) is 149 Å². The van der Waals surface area contributed by atoms with Crippen molar-refractivity contribution in [3.63, 3.8) is 0 Å². The predicted molar refractivity (Wildman–Crippen MR) is 203 cm³/mol. The molecular weight excluding hydrogens is 701 g/mol. The monoisotopic (exact) mass is 732 g/mol. The summed E-state index contributed by atoms with van der Waals surface area (Å²) in [7, 11) is 0. The Morgan fingerprint density at radius 1 is 0.760 bits per heavy atom. The Hall–Kier alpha value is -4.35. The molecule has 0 fully saturated rings. The Labute approximate surface area is 303 Å². The first-order valence-corrected chi connectivity index (χ1v) is 20.0. The maximum absolute atomic E-state index is 13.4. The van der Waals surface area contributed by atoms with Crippen LogP contribution in [0.4, 0.5) is 5.69 Å². The van der Waals surface area contributed by atoms with E-state index >= 15 is 0 Å². The molecule has 0 unspecified atom stereocenters. The van der Waals surface area contributed by atoms with Crippen LogP contribution in [0.25, 0.3) is 21.9 Å². The fraction of sp³-hybridized carbons (Fsp3) is 0.200. The van der Waals surface area contributed by atoms with Gasteiger partial charge in [-0.1, -0.05) is 79.8 Å². The van der Waals surface area contributed by atoms with Crippen LogP contribution in [0.1, 0.15) is 44.5 Å². The maximum atomic E-state index is 13.4. The van der Waals surface area contributed by atoms with Crippen LogP contribution >= 0.6 is 45.8 Å². The van der Waals surface area contributed by atoms with E-state index < -0.39 is 0 Å². The molecule has 3 aromatic heterocycles. The molecule has 10 heteroatoms. The van der Waals surface area contributed by atoms with Gasteiger partial charge in [-0.15, -0.1) is 22.7 Å². The van der Waals surface area contributed by atoms with Gasteiger partial charge in [-0.25, -0.2) is 0 Å². The summed E-state index contributed by atoms with van der Waals surface area (Å²) in [5.41, 5.74) is 2.20. The van der Waals surface area contributed by atoms with Gasteiger partial charge in [0.15, 0.2) is 12.3 Å². The molecule has 2 aliphatic rings. The Kier molecular flexibility index (Phi) is 8.81. The zero-order chi connectivity index (χ0) is 34.5. The molecule has 0 saturated heterocycles. The number of para-hydroxylation sites is 2. The minimum atomic E-state index is -0.232. The number of thiazole rings is 1. The van der Waals surface area contributed by atoms with Crippen molar-refractivity contribution in [3.8, 4) is 0 Å². The number of nitrogens with zero attached hydrogens (tertiary/aromatic N) is 2. The third-order valence-corrected chi connectivity index (χ3v) is 13.7. The van der Waals surface area contributed by atoms with Crippen LogP contribution < -0.4 is 35.2 Å². The molecule has 6 aromatic rings. The second-order valence-corrected chi connectivity index (χ2v) is 16.6. The number of aromatic nitrogens is 1. The summed E-state index contributed by atoms with van der Waals surface area (Å²) < 4.78 is 6.34. The Morgan fingerprint density at radius 3 is 2.20 bits per heavy atom. The van der Waals surface area contributed by atoms with E-state index in [0.717, 1.165) is 78.7 Å². The first kappa shape index (κ1) is 32.8. The van der Waals surface area contributed by atoms with Gasteiger partial charge in [-0.2, -0.15) is 4.57 Å². The maximum Gasteiger partial charge on any atom is 0.263 e. The highest BCUT2D eigenvalue weighted by Gasteiger charge is 2.30. The van der Waals surface area contributed by atoms with Gasteiger partial charge in [-0.3, -0.25) is 14.4 Å². The normalized spacial score (nSPS) is 17.0. The van der Waals surface area contributed by atoms with Crippen LogP contribution in [0.3, 0.4) is 0 Å². The van der Waals surface area contributed by atoms with Gasteiger partial charge in [0.25, 0.3) is 5.01 Å². The number of anilines is 1. The molecule has 0 spiro atoms. The van der Waals surface area contributed by atoms with E-state index in [2.05, 4.69) is 47.6 Å². The Morgan fingerprint density at radius 2 is 1.44 bits per heavy atom. The summed E-state index contributed by atoms with van der Waals surface area (Å²) in [6.07, 6.45) is 7.63. The third-order valence-electron chi connectivity index (χ3n) is 9.11. The molecular formula is C40H32N2O4S4. The number of thioether (sulfide) groups is 1. The second-order valence-electron chi connectivity index (χ2n) is 12.3. The van der Waals surface area contributed by atoms with E-state index in [0.29, 0.717) is 9.06 Å². The highest BCUT2D eigenvalue weighted by atomic mass is 32.2. The van der Waals surface area contributed by atoms with Gasteiger partial charge in [0.05, 0.1) is 21.2 Å². The highest BCUT2D eigenvalue weighted by molar-refractivity contribution is 8.03. The molecule has 0 bridgehead atoms. The average molecular weight is 733 g/mol. The van der Waals surface area contributed by atoms with Gasteiger partial charge in [-0.05, 0) is 55.0 Å². The highest BCUT2D eigenvalue weighted by Crippen LogP contribution is 2.47. The molecule has 50 heavy (non-hydrogen) atoms. The molecule has 8 rings (SSSR count). The quantitative estimate of drug-likeness (QED) is 0.187. The Balaban J connectivity index is 1.15. The third kappa shape index (κ3) is 5.55. The van der Waals surface area contributed by atoms with Gasteiger partial charge >= 0.3 is 0 Å². The standard InChI is InChI=1S/C40H32N2O4S4/c1-3-5-19-41-25-11-7-9-13-27(25)49-33(41)21-23-37(43)35(38(23)44)31-17-15-29(47-31)30-16-18-32(48-30)36-39(45)24(40(36)46)22-34-42(20-6-4-2)26-12-8-10-14-28(26)50-34/h7-18,21-22H,3-6,19-20H2,1-2H3. The lowest BCUT2D eigenvalue weighted by Crippen LogP contribution is -2.50. The number of aryl methyl sites for hydroxylation is 1. The van der Waals surface area contributed by atoms with Crippen LogP contribution in [-0.4, -0.2) is 12.3 Å². The van der Waals surface area contributed by atoms with E-state index in [-0.39, 0.29) is 44.0 Å².